The van der Waals surface area contributed by atoms with Crippen molar-refractivity contribution in [3.63, 3.8) is 0 Å². The molecule has 0 heterocycles. The van der Waals surface area contributed by atoms with Gasteiger partial charge in [0.25, 0.3) is 0 Å². The Morgan fingerprint density at radius 1 is 1.18 bits per heavy atom. The van der Waals surface area contributed by atoms with Crippen LogP contribution in [0.2, 0.25) is 10.0 Å². The summed E-state index contributed by atoms with van der Waals surface area (Å²) >= 11 is 12.3. The summed E-state index contributed by atoms with van der Waals surface area (Å²) in [5.74, 6) is -0.423. The van der Waals surface area contributed by atoms with Gasteiger partial charge in [-0.05, 0) is 49.1 Å². The monoisotopic (exact) mass is 442 g/mol. The van der Waals surface area contributed by atoms with Crippen molar-refractivity contribution in [2.45, 2.75) is 39.7 Å². The number of aryl methyl sites for hydroxylation is 2. The van der Waals surface area contributed by atoms with Crippen molar-refractivity contribution < 1.29 is 13.2 Å². The van der Waals surface area contributed by atoms with Gasteiger partial charge in [0.2, 0.25) is 15.9 Å². The Morgan fingerprint density at radius 3 is 2.43 bits per heavy atom. The van der Waals surface area contributed by atoms with Gasteiger partial charge in [0.15, 0.2) is 0 Å². The molecule has 0 aliphatic carbocycles. The van der Waals surface area contributed by atoms with Crippen LogP contribution >= 0.6 is 23.2 Å². The molecule has 0 radical (unpaired) electrons. The number of amides is 1. The molecule has 0 bridgehead atoms. The highest BCUT2D eigenvalue weighted by molar-refractivity contribution is 7.92. The van der Waals surface area contributed by atoms with E-state index in [2.05, 4.69) is 5.32 Å². The fourth-order valence-corrected chi connectivity index (χ4v) is 4.74. The van der Waals surface area contributed by atoms with Gasteiger partial charge in [0, 0.05) is 10.7 Å². The number of para-hydroxylation sites is 1. The van der Waals surface area contributed by atoms with E-state index in [0.717, 1.165) is 28.1 Å². The summed E-state index contributed by atoms with van der Waals surface area (Å²) in [6.45, 7) is 5.65. The molecule has 0 unspecified atom stereocenters. The Morgan fingerprint density at radius 2 is 1.86 bits per heavy atom. The van der Waals surface area contributed by atoms with Crippen molar-refractivity contribution in [1.82, 2.24) is 0 Å². The lowest BCUT2D eigenvalue weighted by Crippen LogP contribution is -2.47. The smallest absolute Gasteiger partial charge is 0.248 e. The number of anilines is 2. The van der Waals surface area contributed by atoms with Crippen LogP contribution in [0.25, 0.3) is 0 Å². The lowest BCUT2D eigenvalue weighted by atomic mass is 10.0. The van der Waals surface area contributed by atoms with E-state index in [-0.39, 0.29) is 17.1 Å². The summed E-state index contributed by atoms with van der Waals surface area (Å²) in [6, 6.07) is 9.31. The first kappa shape index (κ1) is 22.5. The van der Waals surface area contributed by atoms with Crippen LogP contribution in [0.1, 0.15) is 31.4 Å². The van der Waals surface area contributed by atoms with Gasteiger partial charge in [-0.1, -0.05) is 55.2 Å². The topological polar surface area (TPSA) is 66.5 Å². The normalized spacial score (nSPS) is 12.5. The Bertz CT molecular complexity index is 977. The highest BCUT2D eigenvalue weighted by Gasteiger charge is 2.33. The molecule has 2 rings (SSSR count). The Hall–Kier alpha value is -1.76. The van der Waals surface area contributed by atoms with E-state index in [1.54, 1.807) is 13.0 Å². The molecule has 0 saturated carbocycles. The minimum Gasteiger partial charge on any atom is -0.324 e. The average Bonchev–Trinajstić information content (AvgIpc) is 2.62. The molecular weight excluding hydrogens is 419 g/mol. The molecule has 1 amide bonds. The lowest BCUT2D eigenvalue weighted by molar-refractivity contribution is -0.117. The third kappa shape index (κ3) is 4.99. The van der Waals surface area contributed by atoms with E-state index < -0.39 is 22.0 Å². The maximum Gasteiger partial charge on any atom is 0.248 e. The zero-order valence-corrected chi connectivity index (χ0v) is 18.6. The second-order valence-corrected chi connectivity index (χ2v) is 9.23. The highest BCUT2D eigenvalue weighted by atomic mass is 35.5. The Kier molecular flexibility index (Phi) is 7.37. The van der Waals surface area contributed by atoms with Crippen LogP contribution in [-0.4, -0.2) is 26.6 Å². The second-order valence-electron chi connectivity index (χ2n) is 6.53. The van der Waals surface area contributed by atoms with Gasteiger partial charge < -0.3 is 5.32 Å². The van der Waals surface area contributed by atoms with Gasteiger partial charge in [-0.3, -0.25) is 9.10 Å². The molecule has 2 aromatic carbocycles. The maximum absolute atomic E-state index is 13.1. The van der Waals surface area contributed by atoms with Crippen LogP contribution in [0.4, 0.5) is 11.4 Å². The van der Waals surface area contributed by atoms with Crippen molar-refractivity contribution in [3.05, 3.63) is 57.6 Å². The van der Waals surface area contributed by atoms with Gasteiger partial charge in [0.05, 0.1) is 17.0 Å². The van der Waals surface area contributed by atoms with Crippen LogP contribution in [0, 0.1) is 6.92 Å². The molecule has 0 fully saturated rings. The quantitative estimate of drug-likeness (QED) is 0.652. The molecule has 28 heavy (non-hydrogen) atoms. The number of nitrogens with zero attached hydrogens (tertiary/aromatic N) is 1. The van der Waals surface area contributed by atoms with E-state index in [1.165, 1.54) is 12.1 Å². The van der Waals surface area contributed by atoms with E-state index in [4.69, 9.17) is 23.2 Å². The maximum atomic E-state index is 13.1. The summed E-state index contributed by atoms with van der Waals surface area (Å²) in [6.07, 6.45) is 2.05. The first-order chi connectivity index (χ1) is 13.1. The van der Waals surface area contributed by atoms with Gasteiger partial charge in [-0.15, -0.1) is 0 Å². The zero-order chi connectivity index (χ0) is 21.1. The summed E-state index contributed by atoms with van der Waals surface area (Å²) < 4.78 is 26.2. The second kappa shape index (κ2) is 9.16. The third-order valence-corrected chi connectivity index (χ3v) is 6.18. The van der Waals surface area contributed by atoms with Crippen LogP contribution < -0.4 is 9.62 Å². The zero-order valence-electron chi connectivity index (χ0n) is 16.3. The Balaban J connectivity index is 2.50. The molecule has 0 spiro atoms. The van der Waals surface area contributed by atoms with Crippen LogP contribution in [0.5, 0.6) is 0 Å². The summed E-state index contributed by atoms with van der Waals surface area (Å²) in [4.78, 5) is 13.1. The molecule has 1 atom stereocenters. The van der Waals surface area contributed by atoms with Gasteiger partial charge in [-0.2, -0.15) is 0 Å². The van der Waals surface area contributed by atoms with Crippen LogP contribution in [0.3, 0.4) is 0 Å². The lowest BCUT2D eigenvalue weighted by Gasteiger charge is -2.31. The average molecular weight is 443 g/mol. The number of sulfonamides is 1. The number of hydrogen-bond acceptors (Lipinski definition) is 3. The fraction of sp³-hybridized carbons (Fsp3) is 0.350. The molecule has 1 N–H and O–H groups in total. The highest BCUT2D eigenvalue weighted by Crippen LogP contribution is 2.33. The molecule has 5 nitrogen and oxygen atoms in total. The van der Waals surface area contributed by atoms with Gasteiger partial charge in [-0.25, -0.2) is 8.42 Å². The number of carbonyl (C=O) groups is 1. The van der Waals surface area contributed by atoms with Crippen molar-refractivity contribution in [3.8, 4) is 0 Å². The van der Waals surface area contributed by atoms with Gasteiger partial charge in [0.1, 0.15) is 6.04 Å². The van der Waals surface area contributed by atoms with E-state index in [1.807, 2.05) is 32.0 Å². The van der Waals surface area contributed by atoms with Crippen LogP contribution in [0.15, 0.2) is 36.4 Å². The van der Waals surface area contributed by atoms with Gasteiger partial charge >= 0.3 is 0 Å². The van der Waals surface area contributed by atoms with Crippen molar-refractivity contribution in [1.29, 1.82) is 0 Å². The number of rotatable bonds is 7. The molecule has 0 aliphatic rings. The van der Waals surface area contributed by atoms with E-state index in [9.17, 15) is 13.2 Å². The molecule has 8 heteroatoms. The van der Waals surface area contributed by atoms with Crippen molar-refractivity contribution in [2.24, 2.45) is 0 Å². The van der Waals surface area contributed by atoms with Crippen LogP contribution in [-0.2, 0) is 21.2 Å². The number of benzene rings is 2. The Labute approximate surface area is 176 Å². The first-order valence-electron chi connectivity index (χ1n) is 8.93. The number of hydrogen-bond donors (Lipinski definition) is 1. The summed E-state index contributed by atoms with van der Waals surface area (Å²) in [5.41, 5.74) is 2.78. The molecular formula is C20H24Cl2N2O3S. The van der Waals surface area contributed by atoms with E-state index in [0.29, 0.717) is 10.7 Å². The number of carbonyl (C=O) groups excluding carboxylic acids is 1. The summed E-state index contributed by atoms with van der Waals surface area (Å²) in [5, 5.41) is 3.45. The number of halogens is 2. The predicted octanol–water partition coefficient (Wildman–Crippen LogP) is 5.05. The minimum absolute atomic E-state index is 0.180. The number of nitrogens with one attached hydrogen (secondary N) is 1. The summed E-state index contributed by atoms with van der Waals surface area (Å²) in [7, 11) is -3.80. The van der Waals surface area contributed by atoms with Crippen molar-refractivity contribution in [2.75, 3.05) is 15.9 Å². The first-order valence-corrected chi connectivity index (χ1v) is 11.5. The largest absolute Gasteiger partial charge is 0.324 e. The predicted molar refractivity (Wildman–Crippen MR) is 117 cm³/mol. The van der Waals surface area contributed by atoms with E-state index >= 15 is 0 Å². The molecule has 152 valence electrons. The molecule has 2 aromatic rings. The standard InChI is InChI=1S/C20H24Cl2N2O3S/c1-5-14-9-7-8-13(3)19(14)23-20(25)17(6-2)24(28(4,26)27)18-12-15(21)10-11-16(18)22/h7-12,17H,5-6H2,1-4H3,(H,23,25)/t17-/m1/s1. The third-order valence-electron chi connectivity index (χ3n) is 4.46. The molecule has 0 aromatic heterocycles. The van der Waals surface area contributed by atoms with Crippen molar-refractivity contribution >= 4 is 50.5 Å². The fourth-order valence-electron chi connectivity index (χ4n) is 3.10. The molecule has 0 aliphatic heterocycles. The SMILES string of the molecule is CCc1cccc(C)c1NC(=O)[C@@H](CC)N(c1cc(Cl)ccc1Cl)S(C)(=O)=O. The molecule has 0 saturated heterocycles. The minimum atomic E-state index is -3.80.